The number of esters is 2. The van der Waals surface area contributed by atoms with Gasteiger partial charge in [0.05, 0.1) is 13.2 Å². The van der Waals surface area contributed by atoms with E-state index >= 15 is 0 Å². The Balaban J connectivity index is 2.03. The van der Waals surface area contributed by atoms with Gasteiger partial charge in [-0.2, -0.15) is 0 Å². The summed E-state index contributed by atoms with van der Waals surface area (Å²) in [6, 6.07) is 9.69. The number of benzene rings is 1. The summed E-state index contributed by atoms with van der Waals surface area (Å²) in [5, 5.41) is 0. The van der Waals surface area contributed by atoms with E-state index in [2.05, 4.69) is 4.74 Å². The van der Waals surface area contributed by atoms with Crippen molar-refractivity contribution >= 4 is 11.9 Å². The van der Waals surface area contributed by atoms with E-state index in [4.69, 9.17) is 9.47 Å². The first-order valence-corrected chi connectivity index (χ1v) is 6.29. The average molecular weight is 278 g/mol. The van der Waals surface area contributed by atoms with Crippen molar-refractivity contribution in [2.24, 2.45) is 0 Å². The molecule has 0 fully saturated rings. The Kier molecular flexibility index (Phi) is 7.76. The zero-order chi connectivity index (χ0) is 14.6. The standard InChI is InChI=1S/C15H18O5/c1-2-6-14(16)20-12-15(17)19-10-9-18-11-13-7-4-3-5-8-13/h2-8H,9-12H2,1H3/b6-2+. The second kappa shape index (κ2) is 9.75. The van der Waals surface area contributed by atoms with Crippen LogP contribution in [0.25, 0.3) is 0 Å². The molecule has 0 aliphatic heterocycles. The van der Waals surface area contributed by atoms with Crippen LogP contribution in [-0.2, 0) is 30.4 Å². The highest BCUT2D eigenvalue weighted by Crippen LogP contribution is 2.00. The van der Waals surface area contributed by atoms with Crippen molar-refractivity contribution in [3.63, 3.8) is 0 Å². The highest BCUT2D eigenvalue weighted by molar-refractivity contribution is 5.84. The van der Waals surface area contributed by atoms with Crippen molar-refractivity contribution in [1.82, 2.24) is 0 Å². The van der Waals surface area contributed by atoms with Gasteiger partial charge in [-0.25, -0.2) is 9.59 Å². The Morgan fingerprint density at radius 3 is 2.55 bits per heavy atom. The first-order valence-electron chi connectivity index (χ1n) is 6.29. The molecule has 0 aliphatic carbocycles. The molecule has 0 N–H and O–H groups in total. The summed E-state index contributed by atoms with van der Waals surface area (Å²) in [7, 11) is 0. The summed E-state index contributed by atoms with van der Waals surface area (Å²) in [4.78, 5) is 22.1. The van der Waals surface area contributed by atoms with Crippen molar-refractivity contribution in [2.45, 2.75) is 13.5 Å². The van der Waals surface area contributed by atoms with Gasteiger partial charge in [-0.1, -0.05) is 36.4 Å². The van der Waals surface area contributed by atoms with E-state index in [0.29, 0.717) is 13.2 Å². The lowest BCUT2D eigenvalue weighted by Gasteiger charge is -2.06. The zero-order valence-electron chi connectivity index (χ0n) is 11.4. The molecule has 0 heterocycles. The summed E-state index contributed by atoms with van der Waals surface area (Å²) in [5.74, 6) is -1.16. The van der Waals surface area contributed by atoms with Crippen molar-refractivity contribution < 1.29 is 23.8 Å². The van der Waals surface area contributed by atoms with E-state index in [-0.39, 0.29) is 13.2 Å². The highest BCUT2D eigenvalue weighted by atomic mass is 16.6. The quantitative estimate of drug-likeness (QED) is 0.412. The summed E-state index contributed by atoms with van der Waals surface area (Å²) in [6.45, 7) is 2.19. The molecule has 0 aliphatic rings. The molecule has 0 saturated carbocycles. The first kappa shape index (κ1) is 15.9. The number of carbonyl (C=O) groups is 2. The minimum Gasteiger partial charge on any atom is -0.461 e. The van der Waals surface area contributed by atoms with Gasteiger partial charge in [0, 0.05) is 6.08 Å². The van der Waals surface area contributed by atoms with Crippen LogP contribution in [-0.4, -0.2) is 31.8 Å². The molecule has 1 rings (SSSR count). The van der Waals surface area contributed by atoms with Gasteiger partial charge in [0.25, 0.3) is 0 Å². The molecule has 108 valence electrons. The third kappa shape index (κ3) is 7.33. The van der Waals surface area contributed by atoms with Crippen molar-refractivity contribution in [3.05, 3.63) is 48.0 Å². The third-order valence-corrected chi connectivity index (χ3v) is 2.24. The maximum atomic E-state index is 11.2. The van der Waals surface area contributed by atoms with Crippen LogP contribution in [0.1, 0.15) is 12.5 Å². The molecule has 0 radical (unpaired) electrons. The Labute approximate surface area is 118 Å². The van der Waals surface area contributed by atoms with Crippen molar-refractivity contribution in [3.8, 4) is 0 Å². The molecule has 0 amide bonds. The van der Waals surface area contributed by atoms with Gasteiger partial charge >= 0.3 is 11.9 Å². The number of rotatable bonds is 8. The smallest absolute Gasteiger partial charge is 0.344 e. The lowest BCUT2D eigenvalue weighted by atomic mass is 10.2. The van der Waals surface area contributed by atoms with Crippen LogP contribution in [0, 0.1) is 0 Å². The van der Waals surface area contributed by atoms with E-state index in [1.165, 1.54) is 12.2 Å². The van der Waals surface area contributed by atoms with Gasteiger partial charge < -0.3 is 14.2 Å². The van der Waals surface area contributed by atoms with E-state index < -0.39 is 11.9 Å². The number of hydrogen-bond acceptors (Lipinski definition) is 5. The first-order chi connectivity index (χ1) is 9.72. The van der Waals surface area contributed by atoms with Gasteiger partial charge in [0.15, 0.2) is 6.61 Å². The maximum Gasteiger partial charge on any atom is 0.344 e. The number of allylic oxidation sites excluding steroid dienone is 1. The molecule has 1 aromatic rings. The zero-order valence-corrected chi connectivity index (χ0v) is 11.4. The lowest BCUT2D eigenvalue weighted by Crippen LogP contribution is -2.17. The monoisotopic (exact) mass is 278 g/mol. The predicted molar refractivity (Wildman–Crippen MR) is 72.8 cm³/mol. The topological polar surface area (TPSA) is 61.8 Å². The van der Waals surface area contributed by atoms with E-state index in [0.717, 1.165) is 5.56 Å². The number of hydrogen-bond donors (Lipinski definition) is 0. The third-order valence-electron chi connectivity index (χ3n) is 2.24. The summed E-state index contributed by atoms with van der Waals surface area (Å²) in [6.07, 6.45) is 2.77. The Bertz CT molecular complexity index is 439. The summed E-state index contributed by atoms with van der Waals surface area (Å²) >= 11 is 0. The molecule has 0 spiro atoms. The van der Waals surface area contributed by atoms with Gasteiger partial charge in [0.1, 0.15) is 6.61 Å². The van der Waals surface area contributed by atoms with Crippen LogP contribution >= 0.6 is 0 Å². The van der Waals surface area contributed by atoms with E-state index in [1.807, 2.05) is 30.3 Å². The van der Waals surface area contributed by atoms with Crippen LogP contribution in [0.3, 0.4) is 0 Å². The molecular weight excluding hydrogens is 260 g/mol. The SMILES string of the molecule is C/C=C/C(=O)OCC(=O)OCCOCc1ccccc1. The fourth-order valence-electron chi connectivity index (χ4n) is 1.33. The molecule has 0 saturated heterocycles. The van der Waals surface area contributed by atoms with E-state index in [9.17, 15) is 9.59 Å². The fraction of sp³-hybridized carbons (Fsp3) is 0.333. The summed E-state index contributed by atoms with van der Waals surface area (Å²) in [5.41, 5.74) is 1.05. The second-order valence-corrected chi connectivity index (χ2v) is 3.87. The molecule has 0 unspecified atom stereocenters. The average Bonchev–Trinajstić information content (AvgIpc) is 2.46. The normalized spacial score (nSPS) is 10.4. The van der Waals surface area contributed by atoms with Crippen LogP contribution in [0.5, 0.6) is 0 Å². The Hall–Kier alpha value is -2.14. The Morgan fingerprint density at radius 2 is 1.85 bits per heavy atom. The van der Waals surface area contributed by atoms with Crippen LogP contribution in [0.2, 0.25) is 0 Å². The predicted octanol–water partition coefficient (Wildman–Crippen LogP) is 1.87. The maximum absolute atomic E-state index is 11.2. The molecule has 0 atom stereocenters. The Morgan fingerprint density at radius 1 is 1.10 bits per heavy atom. The highest BCUT2D eigenvalue weighted by Gasteiger charge is 2.05. The van der Waals surface area contributed by atoms with Gasteiger partial charge in [-0.15, -0.1) is 0 Å². The van der Waals surface area contributed by atoms with Crippen LogP contribution in [0.15, 0.2) is 42.5 Å². The number of carbonyl (C=O) groups excluding carboxylic acids is 2. The number of ether oxygens (including phenoxy) is 3. The van der Waals surface area contributed by atoms with Crippen molar-refractivity contribution in [1.29, 1.82) is 0 Å². The molecule has 5 heteroatoms. The molecule has 20 heavy (non-hydrogen) atoms. The van der Waals surface area contributed by atoms with Crippen LogP contribution in [0.4, 0.5) is 0 Å². The van der Waals surface area contributed by atoms with Gasteiger partial charge in [-0.05, 0) is 12.5 Å². The molecule has 0 aromatic heterocycles. The lowest BCUT2D eigenvalue weighted by molar-refractivity contribution is -0.157. The molecule has 5 nitrogen and oxygen atoms in total. The second-order valence-electron chi connectivity index (χ2n) is 3.87. The molecule has 0 bridgehead atoms. The largest absolute Gasteiger partial charge is 0.461 e. The minimum atomic E-state index is -0.592. The summed E-state index contributed by atoms with van der Waals surface area (Å²) < 4.78 is 14.8. The van der Waals surface area contributed by atoms with Gasteiger partial charge in [0.2, 0.25) is 0 Å². The van der Waals surface area contributed by atoms with Crippen molar-refractivity contribution in [2.75, 3.05) is 19.8 Å². The minimum absolute atomic E-state index is 0.132. The molecular formula is C15H18O5. The fourth-order valence-corrected chi connectivity index (χ4v) is 1.33. The molecule has 1 aromatic carbocycles. The van der Waals surface area contributed by atoms with E-state index in [1.54, 1.807) is 6.92 Å². The van der Waals surface area contributed by atoms with Gasteiger partial charge in [-0.3, -0.25) is 0 Å². The van der Waals surface area contributed by atoms with Crippen LogP contribution < -0.4 is 0 Å².